The molecule has 9 rings (SSSR count). The number of fused-ring (bicyclic) bond motifs is 6. The molecule has 0 aliphatic heterocycles. The van der Waals surface area contributed by atoms with Crippen molar-refractivity contribution in [3.8, 4) is 58.2 Å². The van der Waals surface area contributed by atoms with E-state index in [4.69, 9.17) is 4.98 Å². The van der Waals surface area contributed by atoms with Crippen molar-refractivity contribution in [1.82, 2.24) is 14.1 Å². The van der Waals surface area contributed by atoms with Crippen LogP contribution in [0.25, 0.3) is 77.5 Å². The summed E-state index contributed by atoms with van der Waals surface area (Å²) in [4.78, 5) is 5.01. The summed E-state index contributed by atoms with van der Waals surface area (Å²) in [6, 6.07) is 45.5. The van der Waals surface area contributed by atoms with Crippen LogP contribution < -0.4 is 0 Å². The van der Waals surface area contributed by atoms with E-state index in [1.54, 1.807) is 89.5 Å². The lowest BCUT2D eigenvalue weighted by atomic mass is 10.0. The maximum absolute atomic E-state index is 15.8. The normalized spacial score (nSPS) is 11.4. The number of benzene rings is 6. The minimum absolute atomic E-state index is 0.111. The second-order valence-corrected chi connectivity index (χ2v) is 13.2. The summed E-state index contributed by atoms with van der Waals surface area (Å²) in [6.45, 7) is 0. The highest BCUT2D eigenvalue weighted by atomic mass is 19.4. The Morgan fingerprint density at radius 2 is 0.875 bits per heavy atom. The third-order valence-corrected chi connectivity index (χ3v) is 10.0. The summed E-state index contributed by atoms with van der Waals surface area (Å²) in [5.41, 5.74) is 3.64. The Bertz CT molecular complexity index is 3150. The molecule has 0 amide bonds. The van der Waals surface area contributed by atoms with E-state index in [0.717, 1.165) is 11.6 Å². The fourth-order valence-electron chi connectivity index (χ4n) is 7.57. The molecule has 262 valence electrons. The predicted octanol–water partition coefficient (Wildman–Crippen LogP) is 11.1. The number of nitriles is 4. The van der Waals surface area contributed by atoms with Crippen molar-refractivity contribution >= 4 is 43.6 Å². The van der Waals surface area contributed by atoms with Crippen LogP contribution in [0.1, 0.15) is 27.8 Å². The molecule has 0 saturated heterocycles. The van der Waals surface area contributed by atoms with Gasteiger partial charge < -0.3 is 9.13 Å². The monoisotopic (exact) mass is 729 g/mol. The molecule has 10 heteroatoms. The van der Waals surface area contributed by atoms with Gasteiger partial charge in [-0.2, -0.15) is 34.2 Å². The van der Waals surface area contributed by atoms with Crippen LogP contribution in [0.5, 0.6) is 0 Å². The van der Waals surface area contributed by atoms with Gasteiger partial charge >= 0.3 is 6.18 Å². The molecular formula is C46H22F3N7. The van der Waals surface area contributed by atoms with E-state index < -0.39 is 11.7 Å². The summed E-state index contributed by atoms with van der Waals surface area (Å²) in [5.74, 6) is 0. The molecule has 0 aliphatic rings. The van der Waals surface area contributed by atoms with E-state index in [1.165, 1.54) is 10.6 Å². The first-order chi connectivity index (χ1) is 27.2. The van der Waals surface area contributed by atoms with Crippen molar-refractivity contribution in [1.29, 1.82) is 21.0 Å². The Balaban J connectivity index is 1.49. The largest absolute Gasteiger partial charge is 0.418 e. The van der Waals surface area contributed by atoms with Crippen molar-refractivity contribution in [2.24, 2.45) is 0 Å². The van der Waals surface area contributed by atoms with Crippen LogP contribution in [0, 0.1) is 45.3 Å². The zero-order chi connectivity index (χ0) is 38.7. The zero-order valence-electron chi connectivity index (χ0n) is 29.0. The van der Waals surface area contributed by atoms with E-state index in [2.05, 4.69) is 24.3 Å². The van der Waals surface area contributed by atoms with Gasteiger partial charge in [-0.1, -0.05) is 60.7 Å². The molecule has 0 spiro atoms. The second kappa shape index (κ2) is 12.7. The van der Waals surface area contributed by atoms with E-state index in [1.807, 2.05) is 36.4 Å². The van der Waals surface area contributed by atoms with Gasteiger partial charge in [-0.15, -0.1) is 0 Å². The Morgan fingerprint density at radius 3 is 1.30 bits per heavy atom. The molecule has 3 aromatic heterocycles. The summed E-state index contributed by atoms with van der Waals surface area (Å²) in [5, 5.41) is 42.1. The van der Waals surface area contributed by atoms with Gasteiger partial charge in [0.25, 0.3) is 0 Å². The molecule has 0 unspecified atom stereocenters. The third-order valence-electron chi connectivity index (χ3n) is 10.0. The molecular weight excluding hydrogens is 708 g/mol. The van der Waals surface area contributed by atoms with E-state index >= 15 is 13.2 Å². The van der Waals surface area contributed by atoms with Gasteiger partial charge in [-0.25, -0.2) is 4.98 Å². The van der Waals surface area contributed by atoms with Gasteiger partial charge in [0.15, 0.2) is 0 Å². The molecule has 6 aromatic carbocycles. The summed E-state index contributed by atoms with van der Waals surface area (Å²) in [7, 11) is 0. The standard InChI is InChI=1S/C46H22F3N7/c47-46(48,49)37-22-44(55-40-17-27(23-50)9-13-32(40)33-14-10-28(24-51)18-41(33)55)36(39-8-4-7-38(54-39)31-5-2-1-3-6-31)21-45(37)56-42-19-29(25-52)11-15-34(42)35-16-12-30(26-53)20-43(35)56/h1-22H. The number of pyridine rings is 1. The lowest BCUT2D eigenvalue weighted by molar-refractivity contribution is -0.137. The number of aromatic nitrogens is 3. The zero-order valence-corrected chi connectivity index (χ0v) is 29.0. The number of hydrogen-bond donors (Lipinski definition) is 0. The van der Waals surface area contributed by atoms with E-state index in [0.29, 0.717) is 71.7 Å². The van der Waals surface area contributed by atoms with Gasteiger partial charge in [-0.3, -0.25) is 0 Å². The Morgan fingerprint density at radius 1 is 0.446 bits per heavy atom. The molecule has 0 radical (unpaired) electrons. The first kappa shape index (κ1) is 33.6. The quantitative estimate of drug-likeness (QED) is 0.179. The highest BCUT2D eigenvalue weighted by molar-refractivity contribution is 6.12. The summed E-state index contributed by atoms with van der Waals surface area (Å²) in [6.07, 6.45) is -4.92. The van der Waals surface area contributed by atoms with E-state index in [9.17, 15) is 21.0 Å². The van der Waals surface area contributed by atoms with Gasteiger partial charge in [0.05, 0.1) is 96.9 Å². The second-order valence-electron chi connectivity index (χ2n) is 13.2. The average Bonchev–Trinajstić information content (AvgIpc) is 3.73. The predicted molar refractivity (Wildman–Crippen MR) is 208 cm³/mol. The van der Waals surface area contributed by atoms with Crippen LogP contribution in [0.4, 0.5) is 13.2 Å². The van der Waals surface area contributed by atoms with Crippen molar-refractivity contribution in [2.75, 3.05) is 0 Å². The van der Waals surface area contributed by atoms with E-state index in [-0.39, 0.29) is 22.5 Å². The fourth-order valence-corrected chi connectivity index (χ4v) is 7.57. The first-order valence-electron chi connectivity index (χ1n) is 17.3. The van der Waals surface area contributed by atoms with Gasteiger partial charge in [-0.05, 0) is 72.8 Å². The lowest BCUT2D eigenvalue weighted by Crippen LogP contribution is -2.13. The van der Waals surface area contributed by atoms with Crippen molar-refractivity contribution < 1.29 is 13.2 Å². The number of rotatable bonds is 4. The minimum atomic E-state index is -4.92. The SMILES string of the molecule is N#Cc1ccc2c3ccc(C#N)cc3n(-c3cc(C(F)(F)F)c(-n4c5cc(C#N)ccc5c5ccc(C#N)cc54)cc3-c3cccc(-c4ccccc4)n3)c2c1. The Hall–Kier alpha value is -8.18. The van der Waals surface area contributed by atoms with Crippen LogP contribution in [0.3, 0.4) is 0 Å². The maximum Gasteiger partial charge on any atom is 0.418 e. The first-order valence-corrected chi connectivity index (χ1v) is 17.3. The highest BCUT2D eigenvalue weighted by Gasteiger charge is 2.37. The molecule has 7 nitrogen and oxygen atoms in total. The number of alkyl halides is 3. The number of nitrogens with zero attached hydrogens (tertiary/aromatic N) is 7. The molecule has 3 heterocycles. The van der Waals surface area contributed by atoms with Crippen LogP contribution in [-0.2, 0) is 6.18 Å². The fraction of sp³-hybridized carbons (Fsp3) is 0.0217. The highest BCUT2D eigenvalue weighted by Crippen LogP contribution is 2.45. The maximum atomic E-state index is 15.8. The summed E-state index contributed by atoms with van der Waals surface area (Å²) >= 11 is 0. The van der Waals surface area contributed by atoms with Gasteiger partial charge in [0.1, 0.15) is 0 Å². The lowest BCUT2D eigenvalue weighted by Gasteiger charge is -2.22. The topological polar surface area (TPSA) is 118 Å². The molecule has 56 heavy (non-hydrogen) atoms. The molecule has 0 fully saturated rings. The van der Waals surface area contributed by atoms with Crippen LogP contribution in [0.2, 0.25) is 0 Å². The molecule has 0 atom stereocenters. The van der Waals surface area contributed by atoms with Crippen molar-refractivity contribution in [3.05, 3.63) is 161 Å². The van der Waals surface area contributed by atoms with Crippen molar-refractivity contribution in [3.63, 3.8) is 0 Å². The van der Waals surface area contributed by atoms with Gasteiger partial charge in [0.2, 0.25) is 0 Å². The van der Waals surface area contributed by atoms with Crippen molar-refractivity contribution in [2.45, 2.75) is 6.18 Å². The number of halogens is 3. The molecule has 0 N–H and O–H groups in total. The smallest absolute Gasteiger partial charge is 0.309 e. The molecule has 0 bridgehead atoms. The Labute approximate surface area is 316 Å². The van der Waals surface area contributed by atoms with Crippen LogP contribution in [-0.4, -0.2) is 14.1 Å². The third kappa shape index (κ3) is 5.30. The molecule has 0 aliphatic carbocycles. The molecule has 0 saturated carbocycles. The Kier molecular flexibility index (Phi) is 7.66. The minimum Gasteiger partial charge on any atom is -0.309 e. The van der Waals surface area contributed by atoms with Gasteiger partial charge in [0, 0.05) is 32.7 Å². The number of hydrogen-bond acceptors (Lipinski definition) is 5. The average molecular weight is 730 g/mol. The summed E-state index contributed by atoms with van der Waals surface area (Å²) < 4.78 is 50.5. The van der Waals surface area contributed by atoms with Crippen LogP contribution in [0.15, 0.2) is 133 Å². The molecule has 9 aromatic rings. The van der Waals surface area contributed by atoms with Crippen LogP contribution >= 0.6 is 0 Å².